The standard InChI is InChI=1S/C14H25NO2/c1-10-7-8-12(9-10)17-14(16)13(15)11-5-3-2-4-6-11/h10-13H,2-9,15H2,1H3/t10?,12?,13-/m0/s1. The van der Waals surface area contributed by atoms with Gasteiger partial charge >= 0.3 is 5.97 Å². The van der Waals surface area contributed by atoms with Gasteiger partial charge in [0.25, 0.3) is 0 Å². The minimum atomic E-state index is -0.383. The molecular weight excluding hydrogens is 214 g/mol. The Morgan fingerprint density at radius 3 is 2.47 bits per heavy atom. The average Bonchev–Trinajstić information content (AvgIpc) is 2.75. The third-order valence-electron chi connectivity index (χ3n) is 4.36. The number of hydrogen-bond acceptors (Lipinski definition) is 3. The van der Waals surface area contributed by atoms with Crippen molar-refractivity contribution in [1.29, 1.82) is 0 Å². The van der Waals surface area contributed by atoms with E-state index < -0.39 is 0 Å². The van der Waals surface area contributed by atoms with Crippen molar-refractivity contribution in [3.63, 3.8) is 0 Å². The van der Waals surface area contributed by atoms with Crippen LogP contribution in [0.4, 0.5) is 0 Å². The molecule has 0 aromatic heterocycles. The number of ether oxygens (including phenoxy) is 1. The van der Waals surface area contributed by atoms with Crippen LogP contribution < -0.4 is 5.73 Å². The molecule has 0 saturated heterocycles. The molecule has 2 saturated carbocycles. The van der Waals surface area contributed by atoms with E-state index in [1.165, 1.54) is 25.7 Å². The largest absolute Gasteiger partial charge is 0.461 e. The van der Waals surface area contributed by atoms with E-state index in [-0.39, 0.29) is 18.1 Å². The summed E-state index contributed by atoms with van der Waals surface area (Å²) in [6.07, 6.45) is 9.25. The second-order valence-electron chi connectivity index (χ2n) is 5.90. The highest BCUT2D eigenvalue weighted by Crippen LogP contribution is 2.29. The summed E-state index contributed by atoms with van der Waals surface area (Å²) in [5.41, 5.74) is 6.03. The van der Waals surface area contributed by atoms with Gasteiger partial charge in [-0.25, -0.2) is 0 Å². The summed E-state index contributed by atoms with van der Waals surface area (Å²) >= 11 is 0. The summed E-state index contributed by atoms with van der Waals surface area (Å²) in [7, 11) is 0. The maximum absolute atomic E-state index is 12.0. The van der Waals surface area contributed by atoms with Crippen LogP contribution >= 0.6 is 0 Å². The molecule has 2 aliphatic carbocycles. The highest BCUT2D eigenvalue weighted by atomic mass is 16.5. The SMILES string of the molecule is CC1CCC(OC(=O)[C@@H](N)C2CCCCC2)C1. The third-order valence-corrected chi connectivity index (χ3v) is 4.36. The Morgan fingerprint density at radius 2 is 1.88 bits per heavy atom. The second kappa shape index (κ2) is 5.85. The van der Waals surface area contributed by atoms with Crippen molar-refractivity contribution >= 4 is 5.97 Å². The number of hydrogen-bond donors (Lipinski definition) is 1. The Morgan fingerprint density at radius 1 is 1.18 bits per heavy atom. The maximum Gasteiger partial charge on any atom is 0.323 e. The van der Waals surface area contributed by atoms with Gasteiger partial charge in [-0.2, -0.15) is 0 Å². The molecule has 2 N–H and O–H groups in total. The molecule has 2 rings (SSSR count). The number of esters is 1. The van der Waals surface area contributed by atoms with Crippen LogP contribution in [0.2, 0.25) is 0 Å². The molecule has 3 heteroatoms. The van der Waals surface area contributed by atoms with E-state index in [0.29, 0.717) is 11.8 Å². The van der Waals surface area contributed by atoms with E-state index in [1.807, 2.05) is 0 Å². The second-order valence-corrected chi connectivity index (χ2v) is 5.90. The monoisotopic (exact) mass is 239 g/mol. The smallest absolute Gasteiger partial charge is 0.323 e. The topological polar surface area (TPSA) is 52.3 Å². The molecule has 0 amide bonds. The predicted molar refractivity (Wildman–Crippen MR) is 67.4 cm³/mol. The average molecular weight is 239 g/mol. The van der Waals surface area contributed by atoms with Gasteiger partial charge in [-0.1, -0.05) is 26.2 Å². The van der Waals surface area contributed by atoms with E-state index in [9.17, 15) is 4.79 Å². The van der Waals surface area contributed by atoms with Crippen molar-refractivity contribution in [2.75, 3.05) is 0 Å². The summed E-state index contributed by atoms with van der Waals surface area (Å²) in [5, 5.41) is 0. The number of carbonyl (C=O) groups is 1. The molecule has 17 heavy (non-hydrogen) atoms. The Kier molecular flexibility index (Phi) is 4.43. The summed E-state index contributed by atoms with van der Waals surface area (Å²) < 4.78 is 5.53. The van der Waals surface area contributed by atoms with Crippen molar-refractivity contribution in [3.05, 3.63) is 0 Å². The van der Waals surface area contributed by atoms with Gasteiger partial charge in [0, 0.05) is 0 Å². The normalized spacial score (nSPS) is 32.4. The molecule has 3 nitrogen and oxygen atoms in total. The van der Waals surface area contributed by atoms with Gasteiger partial charge in [-0.05, 0) is 43.9 Å². The van der Waals surface area contributed by atoms with Crippen LogP contribution in [-0.2, 0) is 9.53 Å². The molecule has 0 radical (unpaired) electrons. The van der Waals surface area contributed by atoms with Crippen molar-refractivity contribution in [2.45, 2.75) is 70.4 Å². The molecule has 3 atom stereocenters. The Bertz CT molecular complexity index is 261. The van der Waals surface area contributed by atoms with Gasteiger partial charge in [0.05, 0.1) is 0 Å². The lowest BCUT2D eigenvalue weighted by atomic mass is 9.84. The summed E-state index contributed by atoms with van der Waals surface area (Å²) in [5.74, 6) is 0.893. The third kappa shape index (κ3) is 3.44. The Labute approximate surface area is 104 Å². The molecule has 0 aliphatic heterocycles. The van der Waals surface area contributed by atoms with Crippen LogP contribution in [-0.4, -0.2) is 18.1 Å². The molecule has 2 unspecified atom stereocenters. The van der Waals surface area contributed by atoms with Gasteiger partial charge in [0.1, 0.15) is 12.1 Å². The van der Waals surface area contributed by atoms with Gasteiger partial charge < -0.3 is 10.5 Å². The molecule has 98 valence electrons. The number of carbonyl (C=O) groups excluding carboxylic acids is 1. The molecule has 0 heterocycles. The zero-order chi connectivity index (χ0) is 12.3. The number of rotatable bonds is 3. The highest BCUT2D eigenvalue weighted by molar-refractivity contribution is 5.76. The van der Waals surface area contributed by atoms with Crippen molar-refractivity contribution in [3.8, 4) is 0 Å². The quantitative estimate of drug-likeness (QED) is 0.770. The van der Waals surface area contributed by atoms with Crippen LogP contribution in [0.1, 0.15) is 58.3 Å². The molecule has 0 aromatic carbocycles. The Balaban J connectivity index is 1.78. The lowest BCUT2D eigenvalue weighted by Crippen LogP contribution is -2.41. The first-order chi connectivity index (χ1) is 8.16. The fourth-order valence-corrected chi connectivity index (χ4v) is 3.19. The first-order valence-electron chi connectivity index (χ1n) is 7.13. The van der Waals surface area contributed by atoms with E-state index in [2.05, 4.69) is 6.92 Å². The summed E-state index contributed by atoms with van der Waals surface area (Å²) in [6.45, 7) is 2.22. The minimum absolute atomic E-state index is 0.132. The first-order valence-corrected chi connectivity index (χ1v) is 7.13. The lowest BCUT2D eigenvalue weighted by Gasteiger charge is -2.27. The predicted octanol–water partition coefficient (Wildman–Crippen LogP) is 2.63. The van der Waals surface area contributed by atoms with Crippen molar-refractivity contribution in [1.82, 2.24) is 0 Å². The van der Waals surface area contributed by atoms with E-state index in [0.717, 1.165) is 25.7 Å². The fourth-order valence-electron chi connectivity index (χ4n) is 3.19. The summed E-state index contributed by atoms with van der Waals surface area (Å²) in [6, 6.07) is -0.383. The van der Waals surface area contributed by atoms with Gasteiger partial charge in [0.2, 0.25) is 0 Å². The van der Waals surface area contributed by atoms with Crippen LogP contribution in [0.15, 0.2) is 0 Å². The molecular formula is C14H25NO2. The zero-order valence-electron chi connectivity index (χ0n) is 10.9. The van der Waals surface area contributed by atoms with Crippen LogP contribution in [0, 0.1) is 11.8 Å². The van der Waals surface area contributed by atoms with E-state index in [4.69, 9.17) is 10.5 Å². The van der Waals surface area contributed by atoms with Crippen LogP contribution in [0.3, 0.4) is 0 Å². The molecule has 0 aromatic rings. The van der Waals surface area contributed by atoms with Gasteiger partial charge in [-0.3, -0.25) is 4.79 Å². The van der Waals surface area contributed by atoms with E-state index >= 15 is 0 Å². The minimum Gasteiger partial charge on any atom is -0.461 e. The van der Waals surface area contributed by atoms with Crippen LogP contribution in [0.25, 0.3) is 0 Å². The first kappa shape index (κ1) is 12.9. The lowest BCUT2D eigenvalue weighted by molar-refractivity contribution is -0.152. The molecule has 0 spiro atoms. The molecule has 0 bridgehead atoms. The highest BCUT2D eigenvalue weighted by Gasteiger charge is 2.31. The summed E-state index contributed by atoms with van der Waals surface area (Å²) in [4.78, 5) is 12.0. The van der Waals surface area contributed by atoms with Crippen molar-refractivity contribution in [2.24, 2.45) is 17.6 Å². The van der Waals surface area contributed by atoms with E-state index in [1.54, 1.807) is 0 Å². The van der Waals surface area contributed by atoms with Crippen LogP contribution in [0.5, 0.6) is 0 Å². The molecule has 2 aliphatic rings. The van der Waals surface area contributed by atoms with Gasteiger partial charge in [0.15, 0.2) is 0 Å². The van der Waals surface area contributed by atoms with Crippen molar-refractivity contribution < 1.29 is 9.53 Å². The zero-order valence-corrected chi connectivity index (χ0v) is 10.9. The van der Waals surface area contributed by atoms with Gasteiger partial charge in [-0.15, -0.1) is 0 Å². The maximum atomic E-state index is 12.0. The number of nitrogens with two attached hydrogens (primary N) is 1. The molecule has 2 fully saturated rings. The fraction of sp³-hybridized carbons (Fsp3) is 0.929. The Hall–Kier alpha value is -0.570.